The average molecular weight is 246 g/mol. The van der Waals surface area contributed by atoms with Crippen LogP contribution in [0.4, 0.5) is 5.69 Å². The zero-order valence-corrected chi connectivity index (χ0v) is 10.7. The molecule has 0 aliphatic carbocycles. The van der Waals surface area contributed by atoms with Crippen LogP contribution < -0.4 is 10.6 Å². The van der Waals surface area contributed by atoms with Crippen molar-refractivity contribution >= 4 is 17.5 Å². The lowest BCUT2D eigenvalue weighted by Crippen LogP contribution is -2.30. The Bertz CT molecular complexity index is 447. The predicted molar refractivity (Wildman–Crippen MR) is 70.0 cm³/mol. The number of imide groups is 1. The Kier molecular flexibility index (Phi) is 3.48. The largest absolute Gasteiger partial charge is 0.330 e. The van der Waals surface area contributed by atoms with Gasteiger partial charge in [0.05, 0.1) is 5.69 Å². The third-order valence-electron chi connectivity index (χ3n) is 3.60. The molecule has 1 aromatic carbocycles. The van der Waals surface area contributed by atoms with Crippen LogP contribution in [0.15, 0.2) is 24.3 Å². The van der Waals surface area contributed by atoms with Crippen LogP contribution in [0.1, 0.15) is 19.4 Å². The fourth-order valence-electron chi connectivity index (χ4n) is 2.18. The third kappa shape index (κ3) is 2.04. The standard InChI is InChI=1S/C14H18N2O2/c1-9-10(2)14(18)16(13(9)17)12-5-3-11(4-6-12)7-8-15/h3-6,9-10H,7-8,15H2,1-2H3. The summed E-state index contributed by atoms with van der Waals surface area (Å²) in [7, 11) is 0. The Balaban J connectivity index is 2.26. The first-order valence-corrected chi connectivity index (χ1v) is 6.23. The van der Waals surface area contributed by atoms with Crippen molar-refractivity contribution in [1.29, 1.82) is 0 Å². The van der Waals surface area contributed by atoms with Crippen molar-refractivity contribution < 1.29 is 9.59 Å². The number of carbonyl (C=O) groups is 2. The number of anilines is 1. The zero-order chi connectivity index (χ0) is 13.3. The van der Waals surface area contributed by atoms with Crippen molar-refractivity contribution in [2.24, 2.45) is 17.6 Å². The van der Waals surface area contributed by atoms with Crippen molar-refractivity contribution in [3.63, 3.8) is 0 Å². The summed E-state index contributed by atoms with van der Waals surface area (Å²) >= 11 is 0. The number of nitrogens with two attached hydrogens (primary N) is 1. The number of rotatable bonds is 3. The van der Waals surface area contributed by atoms with Crippen LogP contribution in [0.25, 0.3) is 0 Å². The van der Waals surface area contributed by atoms with Gasteiger partial charge < -0.3 is 5.73 Å². The van der Waals surface area contributed by atoms with E-state index in [2.05, 4.69) is 0 Å². The summed E-state index contributed by atoms with van der Waals surface area (Å²) in [6.07, 6.45) is 0.801. The molecule has 0 aromatic heterocycles. The molecule has 96 valence electrons. The molecule has 0 spiro atoms. The van der Waals surface area contributed by atoms with Gasteiger partial charge in [0.2, 0.25) is 11.8 Å². The predicted octanol–water partition coefficient (Wildman–Crippen LogP) is 1.33. The number of benzene rings is 1. The first-order valence-electron chi connectivity index (χ1n) is 6.23. The SMILES string of the molecule is CC1C(=O)N(c2ccc(CCN)cc2)C(=O)C1C. The molecule has 0 radical (unpaired) electrons. The molecule has 2 atom stereocenters. The Morgan fingerprint density at radius 2 is 1.56 bits per heavy atom. The monoisotopic (exact) mass is 246 g/mol. The van der Waals surface area contributed by atoms with E-state index in [1.54, 1.807) is 13.8 Å². The summed E-state index contributed by atoms with van der Waals surface area (Å²) in [6, 6.07) is 7.45. The van der Waals surface area contributed by atoms with E-state index in [1.807, 2.05) is 24.3 Å². The minimum absolute atomic E-state index is 0.112. The second-order valence-corrected chi connectivity index (χ2v) is 4.79. The van der Waals surface area contributed by atoms with Gasteiger partial charge in [-0.1, -0.05) is 26.0 Å². The molecule has 4 nitrogen and oxygen atoms in total. The molecule has 2 N–H and O–H groups in total. The molecule has 1 heterocycles. The van der Waals surface area contributed by atoms with E-state index >= 15 is 0 Å². The van der Waals surface area contributed by atoms with Crippen LogP contribution in [-0.4, -0.2) is 18.4 Å². The lowest BCUT2D eigenvalue weighted by molar-refractivity contribution is -0.122. The van der Waals surface area contributed by atoms with Crippen LogP contribution >= 0.6 is 0 Å². The zero-order valence-electron chi connectivity index (χ0n) is 10.7. The lowest BCUT2D eigenvalue weighted by Gasteiger charge is -2.15. The summed E-state index contributed by atoms with van der Waals surface area (Å²) in [6.45, 7) is 4.19. The van der Waals surface area contributed by atoms with Crippen LogP contribution in [0, 0.1) is 11.8 Å². The molecule has 0 saturated carbocycles. The molecule has 1 aliphatic rings. The van der Waals surface area contributed by atoms with E-state index in [1.165, 1.54) is 4.90 Å². The molecule has 4 heteroatoms. The normalized spacial score (nSPS) is 23.8. The van der Waals surface area contributed by atoms with Gasteiger partial charge in [0.25, 0.3) is 0 Å². The molecule has 2 unspecified atom stereocenters. The van der Waals surface area contributed by atoms with Crippen LogP contribution in [0.5, 0.6) is 0 Å². The molecular formula is C14H18N2O2. The first-order chi connectivity index (χ1) is 8.56. The molecule has 1 aromatic rings. The molecule has 18 heavy (non-hydrogen) atoms. The van der Waals surface area contributed by atoms with Crippen LogP contribution in [-0.2, 0) is 16.0 Å². The summed E-state index contributed by atoms with van der Waals surface area (Å²) in [4.78, 5) is 25.3. The van der Waals surface area contributed by atoms with Crippen LogP contribution in [0.2, 0.25) is 0 Å². The highest BCUT2D eigenvalue weighted by molar-refractivity contribution is 6.21. The van der Waals surface area contributed by atoms with Gasteiger partial charge in [-0.15, -0.1) is 0 Å². The minimum Gasteiger partial charge on any atom is -0.330 e. The highest BCUT2D eigenvalue weighted by atomic mass is 16.2. The summed E-state index contributed by atoms with van der Waals surface area (Å²) in [5.41, 5.74) is 7.25. The quantitative estimate of drug-likeness (QED) is 0.818. The van der Waals surface area contributed by atoms with Crippen molar-refractivity contribution in [3.8, 4) is 0 Å². The van der Waals surface area contributed by atoms with Gasteiger partial charge in [-0.2, -0.15) is 0 Å². The molecule has 1 fully saturated rings. The van der Waals surface area contributed by atoms with Gasteiger partial charge in [-0.05, 0) is 30.7 Å². The molecule has 0 bridgehead atoms. The third-order valence-corrected chi connectivity index (χ3v) is 3.60. The van der Waals surface area contributed by atoms with Gasteiger partial charge in [0.15, 0.2) is 0 Å². The molecule has 1 saturated heterocycles. The maximum atomic E-state index is 12.0. The molecule has 1 aliphatic heterocycles. The van der Waals surface area contributed by atoms with Crippen LogP contribution in [0.3, 0.4) is 0 Å². The van der Waals surface area contributed by atoms with Crippen molar-refractivity contribution in [2.45, 2.75) is 20.3 Å². The van der Waals surface area contributed by atoms with Crippen molar-refractivity contribution in [1.82, 2.24) is 0 Å². The fraction of sp³-hybridized carbons (Fsp3) is 0.429. The van der Waals surface area contributed by atoms with E-state index in [4.69, 9.17) is 5.73 Å². The Morgan fingerprint density at radius 1 is 1.06 bits per heavy atom. The van der Waals surface area contributed by atoms with E-state index in [-0.39, 0.29) is 23.7 Å². The van der Waals surface area contributed by atoms with E-state index in [0.29, 0.717) is 12.2 Å². The Hall–Kier alpha value is -1.68. The smallest absolute Gasteiger partial charge is 0.237 e. The van der Waals surface area contributed by atoms with Gasteiger partial charge in [0.1, 0.15) is 0 Å². The van der Waals surface area contributed by atoms with Gasteiger partial charge in [0, 0.05) is 11.8 Å². The second kappa shape index (κ2) is 4.90. The first kappa shape index (κ1) is 12.8. The minimum atomic E-state index is -0.235. The number of hydrogen-bond donors (Lipinski definition) is 1. The van der Waals surface area contributed by atoms with E-state index < -0.39 is 0 Å². The fourth-order valence-corrected chi connectivity index (χ4v) is 2.18. The topological polar surface area (TPSA) is 63.4 Å². The lowest BCUT2D eigenvalue weighted by atomic mass is 10.00. The van der Waals surface area contributed by atoms with Gasteiger partial charge >= 0.3 is 0 Å². The van der Waals surface area contributed by atoms with Crippen molar-refractivity contribution in [2.75, 3.05) is 11.4 Å². The second-order valence-electron chi connectivity index (χ2n) is 4.79. The Morgan fingerprint density at radius 3 is 2.00 bits per heavy atom. The average Bonchev–Trinajstić information content (AvgIpc) is 2.56. The molecule has 2 amide bonds. The number of nitrogens with zero attached hydrogens (tertiary/aromatic N) is 1. The maximum absolute atomic E-state index is 12.0. The summed E-state index contributed by atoms with van der Waals surface area (Å²) in [5.74, 6) is -0.694. The van der Waals surface area contributed by atoms with E-state index in [0.717, 1.165) is 12.0 Å². The van der Waals surface area contributed by atoms with Gasteiger partial charge in [-0.3, -0.25) is 14.5 Å². The number of amides is 2. The molecular weight excluding hydrogens is 228 g/mol. The van der Waals surface area contributed by atoms with E-state index in [9.17, 15) is 9.59 Å². The molecule has 2 rings (SSSR count). The maximum Gasteiger partial charge on any atom is 0.237 e. The van der Waals surface area contributed by atoms with Crippen molar-refractivity contribution in [3.05, 3.63) is 29.8 Å². The Labute approximate surface area is 107 Å². The summed E-state index contributed by atoms with van der Waals surface area (Å²) < 4.78 is 0. The highest BCUT2D eigenvalue weighted by Crippen LogP contribution is 2.30. The summed E-state index contributed by atoms with van der Waals surface area (Å²) in [5, 5.41) is 0. The highest BCUT2D eigenvalue weighted by Gasteiger charge is 2.42. The van der Waals surface area contributed by atoms with Gasteiger partial charge in [-0.25, -0.2) is 0 Å². The number of hydrogen-bond acceptors (Lipinski definition) is 3. The number of carbonyl (C=O) groups excluding carboxylic acids is 2.